The Bertz CT molecular complexity index is 732. The largest absolute Gasteiger partial charge is 0.330 e. The number of rotatable bonds is 22. The summed E-state index contributed by atoms with van der Waals surface area (Å²) in [4.78, 5) is 9.68. The van der Waals surface area contributed by atoms with Gasteiger partial charge in [-0.3, -0.25) is 4.57 Å². The van der Waals surface area contributed by atoms with E-state index in [9.17, 15) is 14.6 Å². The molecule has 0 aliphatic heterocycles. The summed E-state index contributed by atoms with van der Waals surface area (Å²) in [5, 5.41) is 12.0. The van der Waals surface area contributed by atoms with Crippen LogP contribution in [0.3, 0.4) is 0 Å². The van der Waals surface area contributed by atoms with Crippen LogP contribution in [-0.4, -0.2) is 35.3 Å². The Hall–Kier alpha value is -0.320. The van der Waals surface area contributed by atoms with Gasteiger partial charge < -0.3 is 9.42 Å². The Balaban J connectivity index is 2.18. The van der Waals surface area contributed by atoms with E-state index in [0.717, 1.165) is 19.3 Å². The predicted molar refractivity (Wildman–Crippen MR) is 162 cm³/mol. The van der Waals surface area contributed by atoms with Crippen LogP contribution in [-0.2, 0) is 19.6 Å². The van der Waals surface area contributed by atoms with E-state index in [4.69, 9.17) is 4.52 Å². The zero-order chi connectivity index (χ0) is 27.6. The van der Waals surface area contributed by atoms with Crippen LogP contribution in [0, 0.1) is 0 Å². The van der Waals surface area contributed by atoms with E-state index in [1.54, 1.807) is 0 Å². The smallest absolute Gasteiger partial charge is 0.324 e. The molecule has 1 rings (SSSR count). The number of hydrogen-bond donors (Lipinski definition) is 1. The summed E-state index contributed by atoms with van der Waals surface area (Å²) < 4.78 is 16.7. The van der Waals surface area contributed by atoms with Crippen molar-refractivity contribution in [1.82, 2.24) is 0 Å². The molecule has 0 aliphatic carbocycles. The first-order chi connectivity index (χ1) is 17.6. The van der Waals surface area contributed by atoms with E-state index >= 15 is 0 Å². The number of thioether (sulfide) groups is 1. The Morgan fingerprint density at radius 2 is 1.46 bits per heavy atom. The van der Waals surface area contributed by atoms with Gasteiger partial charge in [-0.25, -0.2) is 5.11 Å². The van der Waals surface area contributed by atoms with E-state index in [-0.39, 0.29) is 18.2 Å². The van der Waals surface area contributed by atoms with Crippen molar-refractivity contribution in [3.05, 3.63) is 35.4 Å². The third-order valence-corrected chi connectivity index (χ3v) is 9.57. The molecule has 0 heterocycles. The standard InChI is InChI=1S/C31H56O4PS/c1-6-8-13-16-27(28-18-20-29(21-19-28)31(3,4)5)22-25-37-24-15-12-10-9-11-14-17-30(32)26-36(33,34)35-23-7-2/h18-21,27,30H,6-17,22-26H2,1-5H3,(H,33,34). The van der Waals surface area contributed by atoms with Gasteiger partial charge in [0.2, 0.25) is 0 Å². The molecule has 0 saturated carbocycles. The molecule has 37 heavy (non-hydrogen) atoms. The molecule has 1 N–H and O–H groups in total. The third kappa shape index (κ3) is 17.1. The zero-order valence-electron chi connectivity index (χ0n) is 24.5. The van der Waals surface area contributed by atoms with Crippen molar-refractivity contribution >= 4 is 19.4 Å². The minimum atomic E-state index is -3.70. The summed E-state index contributed by atoms with van der Waals surface area (Å²) in [6, 6.07) is 9.41. The molecule has 0 fully saturated rings. The zero-order valence-corrected chi connectivity index (χ0v) is 26.2. The molecule has 3 atom stereocenters. The minimum Gasteiger partial charge on any atom is -0.324 e. The van der Waals surface area contributed by atoms with Crippen molar-refractivity contribution in [1.29, 1.82) is 0 Å². The quantitative estimate of drug-likeness (QED) is 0.114. The summed E-state index contributed by atoms with van der Waals surface area (Å²) >= 11 is 2.10. The Labute approximate surface area is 233 Å². The molecule has 0 spiro atoms. The fourth-order valence-electron chi connectivity index (χ4n) is 4.62. The van der Waals surface area contributed by atoms with Gasteiger partial charge in [-0.15, -0.1) is 0 Å². The van der Waals surface area contributed by atoms with Gasteiger partial charge >= 0.3 is 7.60 Å². The lowest BCUT2D eigenvalue weighted by Crippen LogP contribution is -2.12. The Kier molecular flexibility index (Phi) is 18.5. The second-order valence-corrected chi connectivity index (χ2v) is 14.8. The second-order valence-electron chi connectivity index (χ2n) is 11.7. The lowest BCUT2D eigenvalue weighted by Gasteiger charge is -2.22. The van der Waals surface area contributed by atoms with Crippen LogP contribution in [0.2, 0.25) is 0 Å². The lowest BCUT2D eigenvalue weighted by molar-refractivity contribution is 0.0907. The van der Waals surface area contributed by atoms with Gasteiger partial charge in [0.15, 0.2) is 0 Å². The Morgan fingerprint density at radius 1 is 0.838 bits per heavy atom. The first kappa shape index (κ1) is 34.7. The molecule has 0 amide bonds. The summed E-state index contributed by atoms with van der Waals surface area (Å²) in [5.74, 6) is 3.15. The molecule has 1 aromatic carbocycles. The van der Waals surface area contributed by atoms with Gasteiger partial charge in [-0.1, -0.05) is 110 Å². The van der Waals surface area contributed by atoms with E-state index in [2.05, 4.69) is 63.7 Å². The van der Waals surface area contributed by atoms with Crippen molar-refractivity contribution < 1.29 is 19.1 Å². The summed E-state index contributed by atoms with van der Waals surface area (Å²) in [6.07, 6.45) is 13.1. The van der Waals surface area contributed by atoms with E-state index in [0.29, 0.717) is 18.8 Å². The monoisotopic (exact) mass is 555 g/mol. The second kappa shape index (κ2) is 19.7. The van der Waals surface area contributed by atoms with E-state index < -0.39 is 13.7 Å². The molecule has 0 bridgehead atoms. The van der Waals surface area contributed by atoms with Crippen molar-refractivity contribution in [2.24, 2.45) is 0 Å². The van der Waals surface area contributed by atoms with Gasteiger partial charge in [0.25, 0.3) is 0 Å². The highest BCUT2D eigenvalue weighted by Gasteiger charge is 2.24. The highest BCUT2D eigenvalue weighted by atomic mass is 32.2. The molecule has 1 aromatic rings. The van der Waals surface area contributed by atoms with Crippen LogP contribution in [0.4, 0.5) is 0 Å². The van der Waals surface area contributed by atoms with Crippen molar-refractivity contribution in [2.45, 2.75) is 136 Å². The molecular weight excluding hydrogens is 499 g/mol. The van der Waals surface area contributed by atoms with Gasteiger partial charge in [0.05, 0.1) is 12.8 Å². The molecule has 0 aromatic heterocycles. The lowest BCUT2D eigenvalue weighted by atomic mass is 9.84. The molecule has 6 heteroatoms. The molecule has 1 radical (unpaired) electrons. The maximum Gasteiger partial charge on any atom is 0.330 e. The summed E-state index contributed by atoms with van der Waals surface area (Å²) in [7, 11) is -3.70. The highest BCUT2D eigenvalue weighted by Crippen LogP contribution is 2.43. The molecule has 215 valence electrons. The molecular formula is C31H56O4PS. The topological polar surface area (TPSA) is 66.4 Å². The predicted octanol–water partition coefficient (Wildman–Crippen LogP) is 9.91. The fourth-order valence-corrected chi connectivity index (χ4v) is 6.95. The Morgan fingerprint density at radius 3 is 2.08 bits per heavy atom. The van der Waals surface area contributed by atoms with Gasteiger partial charge in [0, 0.05) is 0 Å². The van der Waals surface area contributed by atoms with Crippen molar-refractivity contribution in [3.63, 3.8) is 0 Å². The van der Waals surface area contributed by atoms with Crippen molar-refractivity contribution in [2.75, 3.05) is 24.3 Å². The fraction of sp³-hybridized carbons (Fsp3) is 0.806. The molecule has 0 saturated heterocycles. The van der Waals surface area contributed by atoms with Gasteiger partial charge in [-0.05, 0) is 66.1 Å². The normalized spacial score (nSPS) is 15.4. The molecule has 4 nitrogen and oxygen atoms in total. The van der Waals surface area contributed by atoms with Gasteiger partial charge in [0.1, 0.15) is 6.10 Å². The SMILES string of the molecule is CCCCCC(CCSCCCCCCCCC([O])CP(=O)(O)OCCC)c1ccc(C(C)(C)C)cc1. The maximum absolute atomic E-state index is 12.0. The van der Waals surface area contributed by atoms with Crippen LogP contribution in [0.15, 0.2) is 24.3 Å². The first-order valence-electron chi connectivity index (χ1n) is 14.9. The van der Waals surface area contributed by atoms with Crippen LogP contribution < -0.4 is 0 Å². The molecule has 3 unspecified atom stereocenters. The number of hydrogen-bond acceptors (Lipinski definition) is 3. The average molecular weight is 556 g/mol. The molecule has 0 aliphatic rings. The van der Waals surface area contributed by atoms with Crippen LogP contribution >= 0.6 is 19.4 Å². The van der Waals surface area contributed by atoms with E-state index in [1.807, 2.05) is 6.92 Å². The highest BCUT2D eigenvalue weighted by molar-refractivity contribution is 7.99. The van der Waals surface area contributed by atoms with Crippen LogP contribution in [0.5, 0.6) is 0 Å². The van der Waals surface area contributed by atoms with Crippen molar-refractivity contribution in [3.8, 4) is 0 Å². The van der Waals surface area contributed by atoms with Crippen LogP contribution in [0.1, 0.15) is 135 Å². The van der Waals surface area contributed by atoms with E-state index in [1.165, 1.54) is 74.0 Å². The average Bonchev–Trinajstić information content (AvgIpc) is 2.84. The number of unbranched alkanes of at least 4 members (excludes halogenated alkanes) is 7. The maximum atomic E-state index is 12.0. The van der Waals surface area contributed by atoms with Crippen LogP contribution in [0.25, 0.3) is 0 Å². The summed E-state index contributed by atoms with van der Waals surface area (Å²) in [6.45, 7) is 11.2. The summed E-state index contributed by atoms with van der Waals surface area (Å²) in [5.41, 5.74) is 3.14. The van der Waals surface area contributed by atoms with Gasteiger partial charge in [-0.2, -0.15) is 11.8 Å². The third-order valence-electron chi connectivity index (χ3n) is 7.01. The first-order valence-corrected chi connectivity index (χ1v) is 17.8. The minimum absolute atomic E-state index is 0.208. The number of benzene rings is 1.